The summed E-state index contributed by atoms with van der Waals surface area (Å²) < 4.78 is 5.09. The van der Waals surface area contributed by atoms with E-state index in [1.807, 2.05) is 91.0 Å². The van der Waals surface area contributed by atoms with Crippen molar-refractivity contribution in [3.05, 3.63) is 91.0 Å². The van der Waals surface area contributed by atoms with Gasteiger partial charge in [0.25, 0.3) is 0 Å². The maximum absolute atomic E-state index is 13.3. The molecule has 3 rings (SSSR count). The van der Waals surface area contributed by atoms with E-state index in [2.05, 4.69) is 15.9 Å². The van der Waals surface area contributed by atoms with Gasteiger partial charge in [0.1, 0.15) is 5.29 Å². The lowest BCUT2D eigenvalue weighted by Gasteiger charge is -2.31. The van der Waals surface area contributed by atoms with E-state index in [1.54, 1.807) is 13.8 Å². The summed E-state index contributed by atoms with van der Waals surface area (Å²) in [6.07, 6.45) is -0.339. The molecule has 0 aliphatic carbocycles. The van der Waals surface area contributed by atoms with Gasteiger partial charge >= 0.3 is 5.97 Å². The fourth-order valence-electron chi connectivity index (χ4n) is 3.41. The SMILES string of the molecule is CC(C)OC(=O)C(C(=O)Br)=P(c1ccccc1)(c1ccccc1)c1ccccc1. The molecule has 148 valence electrons. The Morgan fingerprint density at radius 3 is 1.34 bits per heavy atom. The Morgan fingerprint density at radius 1 is 0.724 bits per heavy atom. The van der Waals surface area contributed by atoms with Gasteiger partial charge in [-0.25, -0.2) is 4.79 Å². The molecule has 0 aliphatic rings. The zero-order chi connectivity index (χ0) is 20.9. The van der Waals surface area contributed by atoms with Crippen molar-refractivity contribution < 1.29 is 14.3 Å². The largest absolute Gasteiger partial charge is 0.459 e. The van der Waals surface area contributed by atoms with Crippen molar-refractivity contribution in [2.24, 2.45) is 0 Å². The van der Waals surface area contributed by atoms with E-state index in [0.717, 1.165) is 15.9 Å². The summed E-state index contributed by atoms with van der Waals surface area (Å²) in [5.74, 6) is -0.591. The molecule has 0 atom stereocenters. The van der Waals surface area contributed by atoms with E-state index in [9.17, 15) is 9.59 Å². The van der Waals surface area contributed by atoms with Crippen LogP contribution in [0.2, 0.25) is 0 Å². The van der Waals surface area contributed by atoms with Gasteiger partial charge in [-0.2, -0.15) is 0 Å². The van der Waals surface area contributed by atoms with E-state index < -0.39 is 17.5 Å². The second-order valence-corrected chi connectivity index (χ2v) is 10.8. The van der Waals surface area contributed by atoms with E-state index >= 15 is 0 Å². The molecule has 3 aromatic rings. The van der Waals surface area contributed by atoms with Crippen molar-refractivity contribution in [2.45, 2.75) is 20.0 Å². The summed E-state index contributed by atoms with van der Waals surface area (Å²) in [5.41, 5.74) is 0. The zero-order valence-corrected chi connectivity index (χ0v) is 18.8. The third-order valence-corrected chi connectivity index (χ3v) is 9.47. The minimum Gasteiger partial charge on any atom is -0.459 e. The average Bonchev–Trinajstić information content (AvgIpc) is 2.73. The van der Waals surface area contributed by atoms with Crippen LogP contribution in [0.25, 0.3) is 0 Å². The molecule has 0 saturated heterocycles. The third kappa shape index (κ3) is 4.29. The van der Waals surface area contributed by atoms with Gasteiger partial charge in [-0.3, -0.25) is 4.79 Å². The topological polar surface area (TPSA) is 43.4 Å². The molecule has 0 radical (unpaired) electrons. The molecule has 0 fully saturated rings. The number of hydrogen-bond donors (Lipinski definition) is 0. The van der Waals surface area contributed by atoms with Crippen molar-refractivity contribution in [1.82, 2.24) is 0 Å². The molecular weight excluding hydrogens is 447 g/mol. The quantitative estimate of drug-likeness (QED) is 0.237. The van der Waals surface area contributed by atoms with Gasteiger partial charge in [-0.15, -0.1) is 0 Å². The zero-order valence-electron chi connectivity index (χ0n) is 16.3. The smallest absolute Gasteiger partial charge is 0.344 e. The predicted molar refractivity (Wildman–Crippen MR) is 125 cm³/mol. The number of esters is 1. The standard InChI is InChI=1S/C24H22BrO3P/c1-18(2)28-24(27)22(23(25)26)29(19-12-6-3-7-13-19,20-14-8-4-9-15-20)21-16-10-5-11-17-21/h3-18H,1-2H3. The summed E-state index contributed by atoms with van der Waals surface area (Å²) >= 11 is 3.11. The molecule has 0 bridgehead atoms. The first-order chi connectivity index (χ1) is 14.0. The van der Waals surface area contributed by atoms with Gasteiger partial charge in [-0.1, -0.05) is 91.0 Å². The average molecular weight is 469 g/mol. The number of ether oxygens (including phenoxy) is 1. The highest BCUT2D eigenvalue weighted by molar-refractivity contribution is 9.19. The van der Waals surface area contributed by atoms with Crippen LogP contribution in [0.3, 0.4) is 0 Å². The number of benzene rings is 3. The minimum atomic E-state index is -2.79. The molecule has 0 spiro atoms. The molecule has 0 aromatic heterocycles. The Bertz CT molecular complexity index is 942. The summed E-state index contributed by atoms with van der Waals surface area (Å²) in [6, 6.07) is 29.2. The number of carbonyl (C=O) groups excluding carboxylic acids is 2. The number of halogens is 1. The highest BCUT2D eigenvalue weighted by atomic mass is 79.9. The maximum Gasteiger partial charge on any atom is 0.344 e. The second-order valence-electron chi connectivity index (χ2n) is 6.75. The number of hydrogen-bond acceptors (Lipinski definition) is 3. The summed E-state index contributed by atoms with van der Waals surface area (Å²) in [6.45, 7) is 0.773. The molecule has 3 nitrogen and oxygen atoms in total. The second kappa shape index (κ2) is 9.39. The monoisotopic (exact) mass is 468 g/mol. The van der Waals surface area contributed by atoms with E-state index in [1.165, 1.54) is 0 Å². The van der Waals surface area contributed by atoms with Crippen LogP contribution >= 0.6 is 22.8 Å². The highest BCUT2D eigenvalue weighted by Crippen LogP contribution is 2.47. The van der Waals surface area contributed by atoms with Crippen molar-refractivity contribution in [1.29, 1.82) is 0 Å². The van der Waals surface area contributed by atoms with Crippen molar-refractivity contribution in [2.75, 3.05) is 0 Å². The highest BCUT2D eigenvalue weighted by Gasteiger charge is 2.37. The fourth-order valence-corrected chi connectivity index (χ4v) is 8.49. The molecule has 3 aromatic carbocycles. The third-order valence-electron chi connectivity index (χ3n) is 4.49. The first-order valence-corrected chi connectivity index (χ1v) is 11.9. The van der Waals surface area contributed by atoms with Crippen molar-refractivity contribution >= 4 is 54.7 Å². The molecule has 0 N–H and O–H groups in total. The van der Waals surface area contributed by atoms with Crippen molar-refractivity contribution in [3.8, 4) is 0 Å². The number of carbonyl (C=O) groups is 2. The van der Waals surface area contributed by atoms with Crippen LogP contribution in [0.1, 0.15) is 13.8 Å². The molecule has 0 aliphatic heterocycles. The Labute approximate surface area is 179 Å². The Balaban J connectivity index is 2.58. The first kappa shape index (κ1) is 21.3. The first-order valence-electron chi connectivity index (χ1n) is 9.32. The molecule has 0 heterocycles. The molecule has 0 unspecified atom stereocenters. The van der Waals surface area contributed by atoms with Crippen LogP contribution in [-0.4, -0.2) is 22.1 Å². The summed E-state index contributed by atoms with van der Waals surface area (Å²) in [5, 5.41) is 2.89. The molecule has 5 heteroatoms. The van der Waals surface area contributed by atoms with Crippen LogP contribution in [0.15, 0.2) is 91.0 Å². The van der Waals surface area contributed by atoms with Gasteiger partial charge in [0, 0.05) is 0 Å². The van der Waals surface area contributed by atoms with E-state index in [0.29, 0.717) is 0 Å². The van der Waals surface area contributed by atoms with E-state index in [-0.39, 0.29) is 11.4 Å². The fraction of sp³-hybridized carbons (Fsp3) is 0.125. The van der Waals surface area contributed by atoms with Gasteiger partial charge in [-0.05, 0) is 52.6 Å². The van der Waals surface area contributed by atoms with Crippen LogP contribution < -0.4 is 15.9 Å². The van der Waals surface area contributed by atoms with Gasteiger partial charge in [0.15, 0.2) is 0 Å². The lowest BCUT2D eigenvalue weighted by Crippen LogP contribution is -2.37. The van der Waals surface area contributed by atoms with E-state index in [4.69, 9.17) is 4.74 Å². The predicted octanol–water partition coefficient (Wildman–Crippen LogP) is 4.03. The molecule has 29 heavy (non-hydrogen) atoms. The summed E-state index contributed by atoms with van der Waals surface area (Å²) in [7, 11) is 0. The Kier molecular flexibility index (Phi) is 6.89. The Morgan fingerprint density at radius 2 is 1.07 bits per heavy atom. The van der Waals surface area contributed by atoms with Crippen LogP contribution in [0.5, 0.6) is 0 Å². The van der Waals surface area contributed by atoms with Crippen LogP contribution in [-0.2, 0) is 14.3 Å². The lowest BCUT2D eigenvalue weighted by molar-refractivity contribution is -0.139. The summed E-state index contributed by atoms with van der Waals surface area (Å²) in [4.78, 5) is 26.2. The van der Waals surface area contributed by atoms with Gasteiger partial charge in [0.2, 0.25) is 4.69 Å². The Hall–Kier alpha value is -2.42. The molecular formula is C24H22BrO3P. The van der Waals surface area contributed by atoms with Gasteiger partial charge in [0.05, 0.1) is 6.10 Å². The molecule has 0 amide bonds. The minimum absolute atomic E-state index is 0.134. The normalized spacial score (nSPS) is 11.2. The molecule has 0 saturated carbocycles. The maximum atomic E-state index is 13.3. The van der Waals surface area contributed by atoms with Crippen molar-refractivity contribution in [3.63, 3.8) is 0 Å². The lowest BCUT2D eigenvalue weighted by atomic mass is 10.3. The van der Waals surface area contributed by atoms with Crippen LogP contribution in [0.4, 0.5) is 0 Å². The van der Waals surface area contributed by atoms with Crippen LogP contribution in [0, 0.1) is 0 Å². The van der Waals surface area contributed by atoms with Gasteiger partial charge < -0.3 is 4.74 Å². The number of rotatable bonds is 6.